The summed E-state index contributed by atoms with van der Waals surface area (Å²) in [6, 6.07) is 0. The number of nitrogens with zero attached hydrogens (tertiary/aromatic N) is 2. The number of rotatable bonds is 7. The zero-order valence-electron chi connectivity index (χ0n) is 15.4. The minimum Gasteiger partial charge on any atom is -0.363 e. The van der Waals surface area contributed by atoms with E-state index in [4.69, 9.17) is 10.8 Å². The highest BCUT2D eigenvalue weighted by atomic mass is 15.2. The SMILES string of the molecule is CCN(CC)C(=N)C(C)(C)CCCN(C)C(=N)C(C)(C)C. The van der Waals surface area contributed by atoms with Gasteiger partial charge in [0.05, 0.1) is 0 Å². The lowest BCUT2D eigenvalue weighted by Crippen LogP contribution is -2.41. The molecule has 0 aliphatic heterocycles. The van der Waals surface area contributed by atoms with Crippen molar-refractivity contribution in [2.45, 2.75) is 61.3 Å². The first-order valence-corrected chi connectivity index (χ1v) is 8.11. The first-order chi connectivity index (χ1) is 9.47. The van der Waals surface area contributed by atoms with Crippen molar-refractivity contribution in [1.82, 2.24) is 9.80 Å². The van der Waals surface area contributed by atoms with Crippen LogP contribution in [0.25, 0.3) is 0 Å². The summed E-state index contributed by atoms with van der Waals surface area (Å²) in [6.45, 7) is 17.4. The van der Waals surface area contributed by atoms with E-state index in [1.165, 1.54) is 0 Å². The average Bonchev–Trinajstić information content (AvgIpc) is 2.37. The number of nitrogens with one attached hydrogen (secondary N) is 2. The molecule has 0 aromatic rings. The van der Waals surface area contributed by atoms with Crippen LogP contribution in [0.5, 0.6) is 0 Å². The predicted molar refractivity (Wildman–Crippen MR) is 93.5 cm³/mol. The number of hydrogen-bond acceptors (Lipinski definition) is 2. The molecule has 0 aromatic heterocycles. The van der Waals surface area contributed by atoms with Gasteiger partial charge in [0.1, 0.15) is 11.7 Å². The van der Waals surface area contributed by atoms with Gasteiger partial charge in [-0.25, -0.2) is 0 Å². The van der Waals surface area contributed by atoms with Gasteiger partial charge < -0.3 is 9.80 Å². The summed E-state index contributed by atoms with van der Waals surface area (Å²) in [5, 5.41) is 16.6. The molecule has 0 amide bonds. The van der Waals surface area contributed by atoms with Gasteiger partial charge in [-0.3, -0.25) is 10.8 Å². The van der Waals surface area contributed by atoms with Crippen LogP contribution in [0.1, 0.15) is 61.3 Å². The maximum absolute atomic E-state index is 8.39. The minimum absolute atomic E-state index is 0.0990. The van der Waals surface area contributed by atoms with E-state index in [-0.39, 0.29) is 10.8 Å². The maximum atomic E-state index is 8.39. The van der Waals surface area contributed by atoms with Crippen LogP contribution in [0.4, 0.5) is 0 Å². The molecule has 0 fully saturated rings. The highest BCUT2D eigenvalue weighted by Gasteiger charge is 2.27. The number of hydrogen-bond donors (Lipinski definition) is 2. The Bertz CT molecular complexity index is 348. The monoisotopic (exact) mass is 296 g/mol. The molecule has 0 saturated heterocycles. The van der Waals surface area contributed by atoms with Gasteiger partial charge in [-0.1, -0.05) is 34.6 Å². The zero-order valence-corrected chi connectivity index (χ0v) is 15.4. The molecule has 0 atom stereocenters. The minimum atomic E-state index is -0.100. The fourth-order valence-electron chi connectivity index (χ4n) is 2.53. The van der Waals surface area contributed by atoms with E-state index >= 15 is 0 Å². The molecule has 0 rings (SSSR count). The second-order valence-corrected chi connectivity index (χ2v) is 7.53. The van der Waals surface area contributed by atoms with Crippen molar-refractivity contribution >= 4 is 11.7 Å². The molecule has 0 aliphatic carbocycles. The first-order valence-electron chi connectivity index (χ1n) is 8.11. The second kappa shape index (κ2) is 7.81. The molecule has 0 aliphatic rings. The summed E-state index contributed by atoms with van der Waals surface area (Å²) in [4.78, 5) is 4.16. The third-order valence-corrected chi connectivity index (χ3v) is 4.11. The molecule has 0 radical (unpaired) electrons. The normalized spacial score (nSPS) is 12.2. The molecular formula is C17H36N4. The summed E-state index contributed by atoms with van der Waals surface area (Å²) >= 11 is 0. The molecule has 124 valence electrons. The zero-order chi connectivity index (χ0) is 16.8. The van der Waals surface area contributed by atoms with Crippen molar-refractivity contribution in [2.24, 2.45) is 10.8 Å². The summed E-state index contributed by atoms with van der Waals surface area (Å²) in [6.07, 6.45) is 1.98. The van der Waals surface area contributed by atoms with Gasteiger partial charge in [-0.05, 0) is 26.7 Å². The van der Waals surface area contributed by atoms with Crippen LogP contribution >= 0.6 is 0 Å². The Morgan fingerprint density at radius 2 is 1.38 bits per heavy atom. The van der Waals surface area contributed by atoms with E-state index in [1.54, 1.807) is 0 Å². The van der Waals surface area contributed by atoms with Crippen molar-refractivity contribution in [3.05, 3.63) is 0 Å². The van der Waals surface area contributed by atoms with Crippen molar-refractivity contribution in [3.8, 4) is 0 Å². The third kappa shape index (κ3) is 6.06. The Morgan fingerprint density at radius 1 is 0.905 bits per heavy atom. The Labute approximate surface area is 131 Å². The summed E-state index contributed by atoms with van der Waals surface area (Å²) in [5.41, 5.74) is -0.199. The van der Waals surface area contributed by atoms with Crippen molar-refractivity contribution < 1.29 is 0 Å². The van der Waals surface area contributed by atoms with Gasteiger partial charge in [0, 0.05) is 37.5 Å². The molecule has 0 spiro atoms. The molecular weight excluding hydrogens is 260 g/mol. The lowest BCUT2D eigenvalue weighted by molar-refractivity contribution is 0.336. The van der Waals surface area contributed by atoms with E-state index in [1.807, 2.05) is 11.9 Å². The quantitative estimate of drug-likeness (QED) is 0.549. The largest absolute Gasteiger partial charge is 0.363 e. The molecule has 4 heteroatoms. The van der Waals surface area contributed by atoms with Crippen LogP contribution in [0.15, 0.2) is 0 Å². The lowest BCUT2D eigenvalue weighted by atomic mass is 9.85. The van der Waals surface area contributed by atoms with Gasteiger partial charge in [0.25, 0.3) is 0 Å². The van der Waals surface area contributed by atoms with Crippen LogP contribution in [0, 0.1) is 21.6 Å². The van der Waals surface area contributed by atoms with Gasteiger partial charge in [-0.2, -0.15) is 0 Å². The molecule has 0 aromatic carbocycles. The number of amidine groups is 2. The maximum Gasteiger partial charge on any atom is 0.102 e. The van der Waals surface area contributed by atoms with Crippen LogP contribution in [0.2, 0.25) is 0 Å². The van der Waals surface area contributed by atoms with Crippen molar-refractivity contribution in [2.75, 3.05) is 26.7 Å². The summed E-state index contributed by atoms with van der Waals surface area (Å²) < 4.78 is 0. The third-order valence-electron chi connectivity index (χ3n) is 4.11. The molecule has 0 heterocycles. The molecule has 4 nitrogen and oxygen atoms in total. The van der Waals surface area contributed by atoms with Gasteiger partial charge in [-0.15, -0.1) is 0 Å². The molecule has 0 bridgehead atoms. The van der Waals surface area contributed by atoms with Crippen LogP contribution < -0.4 is 0 Å². The highest BCUT2D eigenvalue weighted by Crippen LogP contribution is 2.26. The van der Waals surface area contributed by atoms with Crippen molar-refractivity contribution in [1.29, 1.82) is 10.8 Å². The van der Waals surface area contributed by atoms with Crippen LogP contribution in [-0.4, -0.2) is 48.2 Å². The smallest absolute Gasteiger partial charge is 0.102 e. The Hall–Kier alpha value is -1.06. The van der Waals surface area contributed by atoms with E-state index in [9.17, 15) is 0 Å². The van der Waals surface area contributed by atoms with Crippen molar-refractivity contribution in [3.63, 3.8) is 0 Å². The second-order valence-electron chi connectivity index (χ2n) is 7.53. The van der Waals surface area contributed by atoms with Crippen LogP contribution in [-0.2, 0) is 0 Å². The standard InChI is InChI=1S/C17H36N4/c1-9-21(10-2)15(19)17(6,7)12-11-13-20(8)14(18)16(3,4)5/h18-19H,9-13H2,1-8H3. The fraction of sp³-hybridized carbons (Fsp3) is 0.882. The van der Waals surface area contributed by atoms with E-state index < -0.39 is 0 Å². The van der Waals surface area contributed by atoms with Gasteiger partial charge in [0.15, 0.2) is 0 Å². The molecule has 0 unspecified atom stereocenters. The van der Waals surface area contributed by atoms with Gasteiger partial charge >= 0.3 is 0 Å². The van der Waals surface area contributed by atoms with E-state index in [2.05, 4.69) is 53.4 Å². The van der Waals surface area contributed by atoms with E-state index in [0.717, 1.165) is 38.3 Å². The Morgan fingerprint density at radius 3 is 1.76 bits per heavy atom. The Kier molecular flexibility index (Phi) is 7.41. The summed E-state index contributed by atoms with van der Waals surface area (Å²) in [7, 11) is 2.00. The topological polar surface area (TPSA) is 54.2 Å². The first kappa shape index (κ1) is 19.9. The predicted octanol–water partition coefficient (Wildman–Crippen LogP) is 4.07. The Balaban J connectivity index is 4.45. The summed E-state index contributed by atoms with van der Waals surface area (Å²) in [5.74, 6) is 1.42. The highest BCUT2D eigenvalue weighted by molar-refractivity contribution is 5.85. The molecule has 0 saturated carbocycles. The average molecular weight is 297 g/mol. The molecule has 2 N–H and O–H groups in total. The lowest BCUT2D eigenvalue weighted by Gasteiger charge is -2.35. The molecule has 21 heavy (non-hydrogen) atoms. The van der Waals surface area contributed by atoms with Gasteiger partial charge in [0.2, 0.25) is 0 Å². The van der Waals surface area contributed by atoms with Crippen LogP contribution in [0.3, 0.4) is 0 Å². The van der Waals surface area contributed by atoms with E-state index in [0.29, 0.717) is 5.84 Å². The fourth-order valence-corrected chi connectivity index (χ4v) is 2.53.